The number of hydrogen-bond donors (Lipinski definition) is 3. The molecule has 0 bridgehead atoms. The molecule has 0 saturated heterocycles. The molecule has 28 heavy (non-hydrogen) atoms. The lowest BCUT2D eigenvalue weighted by atomic mass is 10.1. The fraction of sp³-hybridized carbons (Fsp3) is 0. The molecule has 0 unspecified atom stereocenters. The van der Waals surface area contributed by atoms with Crippen LogP contribution in [0, 0.1) is 5.82 Å². The van der Waals surface area contributed by atoms with Gasteiger partial charge in [-0.05, 0) is 42.5 Å². The van der Waals surface area contributed by atoms with Crippen molar-refractivity contribution >= 4 is 33.3 Å². The summed E-state index contributed by atoms with van der Waals surface area (Å²) >= 11 is 5.72. The van der Waals surface area contributed by atoms with Crippen LogP contribution < -0.4 is 4.72 Å². The molecule has 0 aliphatic carbocycles. The summed E-state index contributed by atoms with van der Waals surface area (Å²) in [4.78, 5) is 14.5. The average Bonchev–Trinajstić information content (AvgIpc) is 2.65. The molecule has 3 aromatic rings. The molecule has 0 aliphatic heterocycles. The number of nitrogens with one attached hydrogen (secondary N) is 1. The van der Waals surface area contributed by atoms with E-state index in [0.29, 0.717) is 11.3 Å². The summed E-state index contributed by atoms with van der Waals surface area (Å²) < 4.78 is 41.5. The highest BCUT2D eigenvalue weighted by atomic mass is 35.5. The van der Waals surface area contributed by atoms with Gasteiger partial charge in [0.15, 0.2) is 5.75 Å². The number of phenolic OH excluding ortho intramolecular Hbond substituents is 1. The number of carbonyl (C=O) groups is 1. The molecular weight excluding hydrogens is 411 g/mol. The minimum atomic E-state index is -4.55. The highest BCUT2D eigenvalue weighted by Crippen LogP contribution is 2.34. The SMILES string of the molecule is O=C(O)c1cc(Cl)c(O)c(S(=O)(=O)Nc2cc(-c3ccccn3)ccc2F)c1. The van der Waals surface area contributed by atoms with Gasteiger partial charge in [0.05, 0.1) is 22.0 Å². The molecule has 10 heteroatoms. The summed E-state index contributed by atoms with van der Waals surface area (Å²) in [7, 11) is -4.55. The third-order valence-electron chi connectivity index (χ3n) is 3.74. The molecule has 2 aromatic carbocycles. The van der Waals surface area contributed by atoms with Crippen LogP contribution >= 0.6 is 11.6 Å². The predicted molar refractivity (Wildman–Crippen MR) is 101 cm³/mol. The normalized spacial score (nSPS) is 11.2. The van der Waals surface area contributed by atoms with Crippen LogP contribution in [0.25, 0.3) is 11.3 Å². The quantitative estimate of drug-likeness (QED) is 0.576. The molecule has 0 atom stereocenters. The first-order valence-corrected chi connectivity index (χ1v) is 9.55. The van der Waals surface area contributed by atoms with Crippen molar-refractivity contribution in [2.75, 3.05) is 4.72 Å². The molecule has 3 rings (SSSR count). The predicted octanol–water partition coefficient (Wildman–Crippen LogP) is 3.75. The van der Waals surface area contributed by atoms with Crippen LogP contribution in [0.4, 0.5) is 10.1 Å². The van der Waals surface area contributed by atoms with Crippen LogP contribution in [0.3, 0.4) is 0 Å². The summed E-state index contributed by atoms with van der Waals surface area (Å²) in [6.45, 7) is 0. The fourth-order valence-electron chi connectivity index (χ4n) is 2.40. The van der Waals surface area contributed by atoms with Gasteiger partial charge in [-0.25, -0.2) is 17.6 Å². The Morgan fingerprint density at radius 3 is 2.54 bits per heavy atom. The molecule has 0 radical (unpaired) electrons. The lowest BCUT2D eigenvalue weighted by Gasteiger charge is -2.13. The number of phenols is 1. The maximum absolute atomic E-state index is 14.2. The van der Waals surface area contributed by atoms with Gasteiger partial charge in [0.2, 0.25) is 0 Å². The van der Waals surface area contributed by atoms with Gasteiger partial charge in [-0.3, -0.25) is 9.71 Å². The number of benzene rings is 2. The number of rotatable bonds is 5. The Labute approximate surface area is 164 Å². The highest BCUT2D eigenvalue weighted by molar-refractivity contribution is 7.92. The average molecular weight is 423 g/mol. The topological polar surface area (TPSA) is 117 Å². The van der Waals surface area contributed by atoms with E-state index in [1.54, 1.807) is 18.2 Å². The summed E-state index contributed by atoms with van der Waals surface area (Å²) in [6.07, 6.45) is 1.53. The molecule has 0 saturated carbocycles. The van der Waals surface area contributed by atoms with Crippen LogP contribution in [-0.4, -0.2) is 29.6 Å². The van der Waals surface area contributed by atoms with Crippen molar-refractivity contribution in [1.29, 1.82) is 0 Å². The van der Waals surface area contributed by atoms with E-state index in [1.165, 1.54) is 18.3 Å². The lowest BCUT2D eigenvalue weighted by molar-refractivity contribution is 0.0696. The molecule has 0 aliphatic rings. The third-order valence-corrected chi connectivity index (χ3v) is 5.40. The number of aromatic carboxylic acids is 1. The zero-order chi connectivity index (χ0) is 20.5. The highest BCUT2D eigenvalue weighted by Gasteiger charge is 2.25. The van der Waals surface area contributed by atoms with Crippen molar-refractivity contribution in [3.05, 3.63) is 71.1 Å². The number of nitrogens with zero attached hydrogens (tertiary/aromatic N) is 1. The van der Waals surface area contributed by atoms with Gasteiger partial charge >= 0.3 is 5.97 Å². The van der Waals surface area contributed by atoms with E-state index in [0.717, 1.165) is 18.2 Å². The summed E-state index contributed by atoms with van der Waals surface area (Å²) in [6, 6.07) is 10.4. The summed E-state index contributed by atoms with van der Waals surface area (Å²) in [5, 5.41) is 18.6. The number of hydrogen-bond acceptors (Lipinski definition) is 5. The van der Waals surface area contributed by atoms with Crippen molar-refractivity contribution in [3.63, 3.8) is 0 Å². The third kappa shape index (κ3) is 3.90. The maximum atomic E-state index is 14.2. The first kappa shape index (κ1) is 19.6. The molecule has 3 N–H and O–H groups in total. The first-order valence-electron chi connectivity index (χ1n) is 7.68. The first-order chi connectivity index (χ1) is 13.2. The second-order valence-corrected chi connectivity index (χ2v) is 7.68. The minimum Gasteiger partial charge on any atom is -0.505 e. The smallest absolute Gasteiger partial charge is 0.335 e. The van der Waals surface area contributed by atoms with E-state index < -0.39 is 48.7 Å². The van der Waals surface area contributed by atoms with Crippen LogP contribution in [0.2, 0.25) is 5.02 Å². The minimum absolute atomic E-state index is 0.403. The Hall–Kier alpha value is -3.17. The Morgan fingerprint density at radius 1 is 1.14 bits per heavy atom. The summed E-state index contributed by atoms with van der Waals surface area (Å²) in [5.41, 5.74) is 0.0771. The number of carboxylic acid groups (broad SMARTS) is 1. The van der Waals surface area contributed by atoms with Gasteiger partial charge in [0.25, 0.3) is 10.0 Å². The van der Waals surface area contributed by atoms with Crippen molar-refractivity contribution in [3.8, 4) is 17.0 Å². The number of pyridine rings is 1. The Bertz CT molecular complexity index is 1170. The number of aromatic hydroxyl groups is 1. The van der Waals surface area contributed by atoms with Gasteiger partial charge in [0.1, 0.15) is 10.7 Å². The van der Waals surface area contributed by atoms with Gasteiger partial charge in [-0.2, -0.15) is 0 Å². The molecule has 0 spiro atoms. The number of sulfonamides is 1. The number of carboxylic acids is 1. The van der Waals surface area contributed by atoms with Gasteiger partial charge in [-0.1, -0.05) is 17.7 Å². The van der Waals surface area contributed by atoms with E-state index >= 15 is 0 Å². The van der Waals surface area contributed by atoms with E-state index in [4.69, 9.17) is 16.7 Å². The summed E-state index contributed by atoms with van der Waals surface area (Å²) in [5.74, 6) is -3.16. The number of aromatic nitrogens is 1. The van der Waals surface area contributed by atoms with Crippen LogP contribution in [0.1, 0.15) is 10.4 Å². The Kier molecular flexibility index (Phi) is 5.21. The number of halogens is 2. The fourth-order valence-corrected chi connectivity index (χ4v) is 3.88. The van der Waals surface area contributed by atoms with Crippen molar-refractivity contribution in [1.82, 2.24) is 4.98 Å². The van der Waals surface area contributed by atoms with E-state index in [-0.39, 0.29) is 0 Å². The molecule has 0 fully saturated rings. The molecule has 0 amide bonds. The van der Waals surface area contributed by atoms with Crippen LogP contribution in [-0.2, 0) is 10.0 Å². The van der Waals surface area contributed by atoms with Crippen molar-refractivity contribution in [2.24, 2.45) is 0 Å². The standard InChI is InChI=1S/C18H12ClFN2O5S/c19-12-7-11(18(24)25)9-16(17(12)23)28(26,27)22-15-8-10(4-5-13(15)20)14-3-1-2-6-21-14/h1-9,22-23H,(H,24,25). The molecule has 144 valence electrons. The van der Waals surface area contributed by atoms with Gasteiger partial charge in [-0.15, -0.1) is 0 Å². The Morgan fingerprint density at radius 2 is 1.89 bits per heavy atom. The van der Waals surface area contributed by atoms with Gasteiger partial charge in [0, 0.05) is 11.8 Å². The van der Waals surface area contributed by atoms with E-state index in [2.05, 4.69) is 4.98 Å². The maximum Gasteiger partial charge on any atom is 0.335 e. The van der Waals surface area contributed by atoms with Crippen molar-refractivity contribution < 1.29 is 27.8 Å². The molecule has 1 aromatic heterocycles. The monoisotopic (exact) mass is 422 g/mol. The molecule has 1 heterocycles. The molecule has 7 nitrogen and oxygen atoms in total. The van der Waals surface area contributed by atoms with Crippen molar-refractivity contribution in [2.45, 2.75) is 4.90 Å². The second kappa shape index (κ2) is 7.45. The van der Waals surface area contributed by atoms with Crippen LogP contribution in [0.5, 0.6) is 5.75 Å². The lowest BCUT2D eigenvalue weighted by Crippen LogP contribution is -2.15. The number of anilines is 1. The van der Waals surface area contributed by atoms with Gasteiger partial charge < -0.3 is 10.2 Å². The largest absolute Gasteiger partial charge is 0.505 e. The van der Waals surface area contributed by atoms with Crippen LogP contribution in [0.15, 0.2) is 59.6 Å². The zero-order valence-electron chi connectivity index (χ0n) is 13.9. The Balaban J connectivity index is 2.05. The molecular formula is C18H12ClFN2O5S. The second-order valence-electron chi connectivity index (χ2n) is 5.63. The van der Waals surface area contributed by atoms with E-state index in [9.17, 15) is 22.7 Å². The zero-order valence-corrected chi connectivity index (χ0v) is 15.5. The van der Waals surface area contributed by atoms with E-state index in [1.807, 2.05) is 4.72 Å².